The Hall–Kier alpha value is -1.15. The van der Waals surface area contributed by atoms with E-state index in [0.29, 0.717) is 25.9 Å². The molecule has 1 heterocycles. The molecular weight excluding hydrogens is 272 g/mol. The molecule has 1 aliphatic heterocycles. The van der Waals surface area contributed by atoms with Crippen molar-refractivity contribution >= 4 is 21.9 Å². The van der Waals surface area contributed by atoms with Crippen molar-refractivity contribution in [1.29, 1.82) is 0 Å². The van der Waals surface area contributed by atoms with Crippen molar-refractivity contribution in [3.8, 4) is 0 Å². The zero-order valence-electron chi connectivity index (χ0n) is 11.0. The van der Waals surface area contributed by atoms with E-state index in [4.69, 9.17) is 5.11 Å². The van der Waals surface area contributed by atoms with E-state index in [1.54, 1.807) is 11.8 Å². The second-order valence-electron chi connectivity index (χ2n) is 4.57. The van der Waals surface area contributed by atoms with E-state index in [0.717, 1.165) is 0 Å². The van der Waals surface area contributed by atoms with Gasteiger partial charge in [0.2, 0.25) is 15.9 Å². The van der Waals surface area contributed by atoms with Gasteiger partial charge in [-0.2, -0.15) is 0 Å². The molecule has 0 unspecified atom stereocenters. The number of aliphatic carboxylic acids is 1. The van der Waals surface area contributed by atoms with Gasteiger partial charge in [-0.3, -0.25) is 9.59 Å². The molecule has 0 aromatic carbocycles. The predicted molar refractivity (Wildman–Crippen MR) is 69.1 cm³/mol. The minimum Gasteiger partial charge on any atom is -0.481 e. The summed E-state index contributed by atoms with van der Waals surface area (Å²) >= 11 is 0. The zero-order valence-corrected chi connectivity index (χ0v) is 11.8. The summed E-state index contributed by atoms with van der Waals surface area (Å²) in [4.78, 5) is 23.7. The summed E-state index contributed by atoms with van der Waals surface area (Å²) in [6, 6.07) is -0.131. The van der Waals surface area contributed by atoms with Gasteiger partial charge in [0.25, 0.3) is 0 Å². The lowest BCUT2D eigenvalue weighted by Gasteiger charge is -2.32. The van der Waals surface area contributed by atoms with Crippen LogP contribution in [-0.4, -0.2) is 55.2 Å². The molecule has 8 heteroatoms. The number of carboxylic acids is 1. The fourth-order valence-corrected chi connectivity index (χ4v) is 2.87. The normalized spacial score (nSPS) is 17.4. The number of nitrogens with zero attached hydrogens (tertiary/aromatic N) is 1. The van der Waals surface area contributed by atoms with E-state index in [1.807, 2.05) is 0 Å². The highest BCUT2D eigenvalue weighted by Gasteiger charge is 2.25. The minimum absolute atomic E-state index is 0.000682. The van der Waals surface area contributed by atoms with Crippen molar-refractivity contribution in [3.63, 3.8) is 0 Å². The van der Waals surface area contributed by atoms with E-state index in [2.05, 4.69) is 4.72 Å². The lowest BCUT2D eigenvalue weighted by molar-refractivity contribution is -0.141. The summed E-state index contributed by atoms with van der Waals surface area (Å²) in [5.41, 5.74) is 0. The highest BCUT2D eigenvalue weighted by molar-refractivity contribution is 7.89. The van der Waals surface area contributed by atoms with Crippen LogP contribution in [0.25, 0.3) is 0 Å². The lowest BCUT2D eigenvalue weighted by Crippen LogP contribution is -2.46. The molecule has 0 aliphatic carbocycles. The molecule has 0 atom stereocenters. The van der Waals surface area contributed by atoms with Gasteiger partial charge in [0.1, 0.15) is 0 Å². The van der Waals surface area contributed by atoms with Crippen LogP contribution in [0.5, 0.6) is 0 Å². The Morgan fingerprint density at radius 1 is 1.26 bits per heavy atom. The molecule has 2 N–H and O–H groups in total. The van der Waals surface area contributed by atoms with Crippen molar-refractivity contribution < 1.29 is 23.1 Å². The van der Waals surface area contributed by atoms with Crippen molar-refractivity contribution in [2.24, 2.45) is 0 Å². The van der Waals surface area contributed by atoms with Gasteiger partial charge in [-0.25, -0.2) is 13.1 Å². The van der Waals surface area contributed by atoms with Crippen molar-refractivity contribution in [3.05, 3.63) is 0 Å². The lowest BCUT2D eigenvalue weighted by atomic mass is 10.1. The quantitative estimate of drug-likeness (QED) is 0.704. The third-order valence-corrected chi connectivity index (χ3v) is 4.58. The summed E-state index contributed by atoms with van der Waals surface area (Å²) in [7, 11) is -3.21. The largest absolute Gasteiger partial charge is 0.481 e. The highest BCUT2D eigenvalue weighted by atomic mass is 32.2. The first-order valence-corrected chi connectivity index (χ1v) is 7.99. The summed E-state index contributed by atoms with van der Waals surface area (Å²) < 4.78 is 25.4. The Bertz CT molecular complexity index is 426. The van der Waals surface area contributed by atoms with E-state index in [-0.39, 0.29) is 30.5 Å². The highest BCUT2D eigenvalue weighted by Crippen LogP contribution is 2.13. The zero-order chi connectivity index (χ0) is 14.5. The van der Waals surface area contributed by atoms with Gasteiger partial charge in [0.05, 0.1) is 12.2 Å². The summed E-state index contributed by atoms with van der Waals surface area (Å²) in [5.74, 6) is -1.12. The molecule has 1 aliphatic rings. The summed E-state index contributed by atoms with van der Waals surface area (Å²) in [6.07, 6.45) is 0.970. The van der Waals surface area contributed by atoms with Crippen LogP contribution in [0.1, 0.15) is 32.6 Å². The van der Waals surface area contributed by atoms with Gasteiger partial charge in [-0.1, -0.05) is 0 Å². The van der Waals surface area contributed by atoms with E-state index >= 15 is 0 Å². The number of hydrogen-bond donors (Lipinski definition) is 2. The second-order valence-corrected chi connectivity index (χ2v) is 6.61. The van der Waals surface area contributed by atoms with Crippen molar-refractivity contribution in [2.75, 3.05) is 18.8 Å². The van der Waals surface area contributed by atoms with E-state index in [1.165, 1.54) is 0 Å². The second kappa shape index (κ2) is 6.85. The molecule has 0 radical (unpaired) electrons. The fourth-order valence-electron chi connectivity index (χ4n) is 1.96. The van der Waals surface area contributed by atoms with Crippen LogP contribution >= 0.6 is 0 Å². The van der Waals surface area contributed by atoms with Crippen LogP contribution in [-0.2, 0) is 19.6 Å². The molecule has 19 heavy (non-hydrogen) atoms. The van der Waals surface area contributed by atoms with E-state index in [9.17, 15) is 18.0 Å². The Morgan fingerprint density at radius 3 is 2.32 bits per heavy atom. The summed E-state index contributed by atoms with van der Waals surface area (Å²) in [6.45, 7) is 2.51. The van der Waals surface area contributed by atoms with Gasteiger partial charge in [-0.15, -0.1) is 0 Å². The molecule has 0 bridgehead atoms. The van der Waals surface area contributed by atoms with Gasteiger partial charge in [0, 0.05) is 25.6 Å². The first kappa shape index (κ1) is 15.9. The van der Waals surface area contributed by atoms with E-state index < -0.39 is 16.0 Å². The Balaban J connectivity index is 2.36. The third kappa shape index (κ3) is 5.56. The number of nitrogens with one attached hydrogen (secondary N) is 1. The van der Waals surface area contributed by atoms with Crippen LogP contribution in [0.4, 0.5) is 0 Å². The monoisotopic (exact) mass is 292 g/mol. The Kier molecular flexibility index (Phi) is 5.74. The standard InChI is InChI=1S/C11H20N2O5S/c1-2-19(17,18)12-9-5-7-13(8-6-9)10(14)3-4-11(15)16/h9,12H,2-8H2,1H3,(H,15,16). The molecule has 0 aromatic rings. The molecule has 110 valence electrons. The maximum absolute atomic E-state index is 11.7. The van der Waals surface area contributed by atoms with Crippen molar-refractivity contribution in [1.82, 2.24) is 9.62 Å². The third-order valence-electron chi connectivity index (χ3n) is 3.13. The number of rotatable bonds is 6. The van der Waals surface area contributed by atoms with Crippen LogP contribution in [0.2, 0.25) is 0 Å². The predicted octanol–water partition coefficient (Wildman–Crippen LogP) is -0.218. The van der Waals surface area contributed by atoms with Crippen molar-refractivity contribution in [2.45, 2.75) is 38.6 Å². The molecule has 1 amide bonds. The number of carboxylic acid groups (broad SMARTS) is 1. The first-order valence-electron chi connectivity index (χ1n) is 6.33. The van der Waals surface area contributed by atoms with Crippen LogP contribution in [0.15, 0.2) is 0 Å². The molecule has 1 saturated heterocycles. The van der Waals surface area contributed by atoms with Crippen LogP contribution in [0.3, 0.4) is 0 Å². The minimum atomic E-state index is -3.21. The molecule has 0 aromatic heterocycles. The maximum atomic E-state index is 11.7. The molecule has 7 nitrogen and oxygen atoms in total. The SMILES string of the molecule is CCS(=O)(=O)NC1CCN(C(=O)CCC(=O)O)CC1. The maximum Gasteiger partial charge on any atom is 0.303 e. The molecule has 1 fully saturated rings. The number of piperidine rings is 1. The average Bonchev–Trinajstić information content (AvgIpc) is 2.36. The van der Waals surface area contributed by atoms with Crippen LogP contribution in [0, 0.1) is 0 Å². The number of carbonyl (C=O) groups excluding carboxylic acids is 1. The number of sulfonamides is 1. The smallest absolute Gasteiger partial charge is 0.303 e. The van der Waals surface area contributed by atoms with Crippen LogP contribution < -0.4 is 4.72 Å². The number of amides is 1. The average molecular weight is 292 g/mol. The molecule has 0 spiro atoms. The molecule has 1 rings (SSSR count). The van der Waals surface area contributed by atoms with Gasteiger partial charge >= 0.3 is 5.97 Å². The van der Waals surface area contributed by atoms with Gasteiger partial charge in [-0.05, 0) is 19.8 Å². The number of hydrogen-bond acceptors (Lipinski definition) is 4. The number of carbonyl (C=O) groups is 2. The Morgan fingerprint density at radius 2 is 1.84 bits per heavy atom. The number of likely N-dealkylation sites (tertiary alicyclic amines) is 1. The van der Waals surface area contributed by atoms with Gasteiger partial charge in [0.15, 0.2) is 0 Å². The molecule has 0 saturated carbocycles. The Labute approximate surface area is 113 Å². The fraction of sp³-hybridized carbons (Fsp3) is 0.818. The topological polar surface area (TPSA) is 104 Å². The summed E-state index contributed by atoms with van der Waals surface area (Å²) in [5, 5.41) is 8.51. The molecular formula is C11H20N2O5S. The van der Waals surface area contributed by atoms with Gasteiger partial charge < -0.3 is 10.0 Å². The first-order chi connectivity index (χ1) is 8.84.